The van der Waals surface area contributed by atoms with E-state index in [1.807, 2.05) is 24.3 Å². The summed E-state index contributed by atoms with van der Waals surface area (Å²) in [5, 5.41) is 8.67. The largest absolute Gasteiger partial charge is 0.496 e. The molecule has 1 aromatic carbocycles. The Morgan fingerprint density at radius 1 is 1.21 bits per heavy atom. The van der Waals surface area contributed by atoms with Crippen LogP contribution in [0.15, 0.2) is 36.5 Å². The van der Waals surface area contributed by atoms with Gasteiger partial charge in [0.2, 0.25) is 0 Å². The van der Waals surface area contributed by atoms with Gasteiger partial charge >= 0.3 is 0 Å². The maximum absolute atomic E-state index is 8.67. The molecule has 0 radical (unpaired) electrons. The maximum Gasteiger partial charge on any atom is 0.163 e. The van der Waals surface area contributed by atoms with Crippen LogP contribution in [0.3, 0.4) is 0 Å². The van der Waals surface area contributed by atoms with Gasteiger partial charge in [-0.3, -0.25) is 0 Å². The maximum atomic E-state index is 8.67. The Morgan fingerprint density at radius 2 is 2.05 bits per heavy atom. The first kappa shape index (κ1) is 13.5. The number of para-hydroxylation sites is 1. The topological polar surface area (TPSA) is 64.5 Å². The summed E-state index contributed by atoms with van der Waals surface area (Å²) >= 11 is 0. The van der Waals surface area contributed by atoms with Crippen LogP contribution in [0.4, 0.5) is 0 Å². The summed E-state index contributed by atoms with van der Waals surface area (Å²) in [4.78, 5) is 8.68. The van der Waals surface area contributed by atoms with Gasteiger partial charge in [0.05, 0.1) is 38.2 Å². The van der Waals surface area contributed by atoms with Crippen molar-refractivity contribution in [2.45, 2.75) is 6.61 Å². The molecule has 1 aromatic heterocycles. The van der Waals surface area contributed by atoms with Gasteiger partial charge in [0, 0.05) is 6.20 Å². The first-order valence-corrected chi connectivity index (χ1v) is 5.99. The summed E-state index contributed by atoms with van der Waals surface area (Å²) in [6, 6.07) is 9.38. The van der Waals surface area contributed by atoms with Gasteiger partial charge in [-0.1, -0.05) is 12.1 Å². The summed E-state index contributed by atoms with van der Waals surface area (Å²) in [7, 11) is 1.62. The zero-order chi connectivity index (χ0) is 13.5. The SMILES string of the molecule is COc1ccccc1-c1nccc(COCCO)n1. The van der Waals surface area contributed by atoms with Crippen molar-refractivity contribution in [2.24, 2.45) is 0 Å². The highest BCUT2D eigenvalue weighted by Crippen LogP contribution is 2.26. The van der Waals surface area contributed by atoms with Crippen LogP contribution in [0.1, 0.15) is 5.69 Å². The van der Waals surface area contributed by atoms with Gasteiger partial charge in [-0.2, -0.15) is 0 Å². The molecule has 0 spiro atoms. The van der Waals surface area contributed by atoms with Crippen LogP contribution in [0.25, 0.3) is 11.4 Å². The van der Waals surface area contributed by atoms with E-state index < -0.39 is 0 Å². The molecule has 100 valence electrons. The van der Waals surface area contributed by atoms with Gasteiger partial charge < -0.3 is 14.6 Å². The number of ether oxygens (including phenoxy) is 2. The fourth-order valence-corrected chi connectivity index (χ4v) is 1.68. The molecule has 5 nitrogen and oxygen atoms in total. The van der Waals surface area contributed by atoms with Crippen LogP contribution in [0, 0.1) is 0 Å². The second-order valence-corrected chi connectivity index (χ2v) is 3.85. The molecule has 5 heteroatoms. The number of methoxy groups -OCH3 is 1. The molecule has 2 rings (SSSR count). The van der Waals surface area contributed by atoms with E-state index >= 15 is 0 Å². The summed E-state index contributed by atoms with van der Waals surface area (Å²) in [5.41, 5.74) is 1.61. The molecule has 1 heterocycles. The number of aliphatic hydroxyl groups excluding tert-OH is 1. The van der Waals surface area contributed by atoms with E-state index in [1.54, 1.807) is 19.4 Å². The summed E-state index contributed by atoms with van der Waals surface area (Å²) in [6.45, 7) is 0.656. The van der Waals surface area contributed by atoms with Crippen molar-refractivity contribution in [3.63, 3.8) is 0 Å². The number of rotatable bonds is 6. The highest BCUT2D eigenvalue weighted by Gasteiger charge is 2.08. The fourth-order valence-electron chi connectivity index (χ4n) is 1.68. The molecule has 2 aromatic rings. The predicted octanol–water partition coefficient (Wildman–Crippen LogP) is 1.66. The zero-order valence-corrected chi connectivity index (χ0v) is 10.7. The van der Waals surface area contributed by atoms with Crippen molar-refractivity contribution in [3.05, 3.63) is 42.2 Å². The lowest BCUT2D eigenvalue weighted by atomic mass is 10.2. The van der Waals surface area contributed by atoms with Gasteiger partial charge in [-0.05, 0) is 18.2 Å². The molecule has 1 N–H and O–H groups in total. The minimum Gasteiger partial charge on any atom is -0.496 e. The number of nitrogens with zero attached hydrogens (tertiary/aromatic N) is 2. The van der Waals surface area contributed by atoms with E-state index in [1.165, 1.54) is 0 Å². The Kier molecular flexibility index (Phi) is 4.83. The monoisotopic (exact) mass is 260 g/mol. The van der Waals surface area contributed by atoms with Gasteiger partial charge in [0.1, 0.15) is 5.75 Å². The first-order chi connectivity index (χ1) is 9.35. The Labute approximate surface area is 111 Å². The Morgan fingerprint density at radius 3 is 2.84 bits per heavy atom. The first-order valence-electron chi connectivity index (χ1n) is 5.99. The van der Waals surface area contributed by atoms with Gasteiger partial charge in [-0.25, -0.2) is 9.97 Å². The molecule has 0 bridgehead atoms. The minimum absolute atomic E-state index is 0.00441. The van der Waals surface area contributed by atoms with Crippen molar-refractivity contribution >= 4 is 0 Å². The van der Waals surface area contributed by atoms with Crippen LogP contribution in [0.5, 0.6) is 5.75 Å². The minimum atomic E-state index is 0.00441. The van der Waals surface area contributed by atoms with Crippen LogP contribution < -0.4 is 4.74 Å². The van der Waals surface area contributed by atoms with Crippen LogP contribution in [-0.2, 0) is 11.3 Å². The van der Waals surface area contributed by atoms with E-state index in [2.05, 4.69) is 9.97 Å². The molecule has 0 aliphatic carbocycles. The number of benzene rings is 1. The lowest BCUT2D eigenvalue weighted by Gasteiger charge is -2.08. The molecule has 0 aliphatic rings. The molecule has 0 aliphatic heterocycles. The number of aliphatic hydroxyl groups is 1. The predicted molar refractivity (Wildman–Crippen MR) is 70.8 cm³/mol. The van der Waals surface area contributed by atoms with Crippen molar-refractivity contribution in [2.75, 3.05) is 20.3 Å². The van der Waals surface area contributed by atoms with Crippen molar-refractivity contribution < 1.29 is 14.6 Å². The van der Waals surface area contributed by atoms with Gasteiger partial charge in [0.25, 0.3) is 0 Å². The summed E-state index contributed by atoms with van der Waals surface area (Å²) in [6.07, 6.45) is 1.69. The fraction of sp³-hybridized carbons (Fsp3) is 0.286. The van der Waals surface area contributed by atoms with E-state index in [4.69, 9.17) is 14.6 Å². The highest BCUT2D eigenvalue weighted by molar-refractivity contribution is 5.63. The Bertz CT molecular complexity index is 532. The molecular formula is C14H16N2O3. The average molecular weight is 260 g/mol. The van der Waals surface area contributed by atoms with Crippen molar-refractivity contribution in [3.8, 4) is 17.1 Å². The van der Waals surface area contributed by atoms with Crippen molar-refractivity contribution in [1.82, 2.24) is 9.97 Å². The van der Waals surface area contributed by atoms with Crippen molar-refractivity contribution in [1.29, 1.82) is 0 Å². The third-order valence-electron chi connectivity index (χ3n) is 2.55. The van der Waals surface area contributed by atoms with Crippen LogP contribution in [0.2, 0.25) is 0 Å². The summed E-state index contributed by atoms with van der Waals surface area (Å²) in [5.74, 6) is 1.33. The van der Waals surface area contributed by atoms with Crippen LogP contribution >= 0.6 is 0 Å². The molecule has 0 saturated heterocycles. The molecule has 19 heavy (non-hydrogen) atoms. The number of hydrogen-bond donors (Lipinski definition) is 1. The molecule has 0 saturated carbocycles. The molecule has 0 amide bonds. The van der Waals surface area contributed by atoms with E-state index in [-0.39, 0.29) is 6.61 Å². The number of hydrogen-bond acceptors (Lipinski definition) is 5. The standard InChI is InChI=1S/C14H16N2O3/c1-18-13-5-3-2-4-12(13)14-15-7-6-11(16-14)10-19-9-8-17/h2-7,17H,8-10H2,1H3. The second kappa shape index (κ2) is 6.82. The molecule has 0 atom stereocenters. The van der Waals surface area contributed by atoms with E-state index in [9.17, 15) is 0 Å². The lowest BCUT2D eigenvalue weighted by Crippen LogP contribution is -2.02. The lowest BCUT2D eigenvalue weighted by molar-refractivity contribution is 0.0797. The average Bonchev–Trinajstić information content (AvgIpc) is 2.48. The van der Waals surface area contributed by atoms with E-state index in [0.29, 0.717) is 19.0 Å². The molecule has 0 fully saturated rings. The van der Waals surface area contributed by atoms with Crippen LogP contribution in [-0.4, -0.2) is 35.4 Å². The molecule has 0 unspecified atom stereocenters. The molecular weight excluding hydrogens is 244 g/mol. The quantitative estimate of drug-likeness (QED) is 0.800. The van der Waals surface area contributed by atoms with E-state index in [0.717, 1.165) is 17.0 Å². The zero-order valence-electron chi connectivity index (χ0n) is 10.7. The highest BCUT2D eigenvalue weighted by atomic mass is 16.5. The third-order valence-corrected chi connectivity index (χ3v) is 2.55. The third kappa shape index (κ3) is 3.49. The van der Waals surface area contributed by atoms with Gasteiger partial charge in [0.15, 0.2) is 5.82 Å². The number of aromatic nitrogens is 2. The Hall–Kier alpha value is -1.98. The van der Waals surface area contributed by atoms with Gasteiger partial charge in [-0.15, -0.1) is 0 Å². The summed E-state index contributed by atoms with van der Waals surface area (Å²) < 4.78 is 10.5. The smallest absolute Gasteiger partial charge is 0.163 e. The second-order valence-electron chi connectivity index (χ2n) is 3.85. The Balaban J connectivity index is 2.22. The normalized spacial score (nSPS) is 10.4.